The summed E-state index contributed by atoms with van der Waals surface area (Å²) >= 11 is 0. The summed E-state index contributed by atoms with van der Waals surface area (Å²) in [4.78, 5) is 23.7. The van der Waals surface area contributed by atoms with Gasteiger partial charge < -0.3 is 14.5 Å². The molecule has 4 rings (SSSR count). The van der Waals surface area contributed by atoms with Crippen molar-refractivity contribution in [3.8, 4) is 5.75 Å². The fraction of sp³-hybridized carbons (Fsp3) is 0.591. The molecule has 1 unspecified atom stereocenters. The lowest BCUT2D eigenvalue weighted by molar-refractivity contribution is -0.133. The number of rotatable bonds is 7. The minimum absolute atomic E-state index is 0.271. The molecule has 3 heterocycles. The molecule has 1 aromatic heterocycles. The molecule has 0 bridgehead atoms. The van der Waals surface area contributed by atoms with Gasteiger partial charge in [-0.3, -0.25) is 14.4 Å². The van der Waals surface area contributed by atoms with E-state index in [1.54, 1.807) is 18.1 Å². The van der Waals surface area contributed by atoms with Crippen LogP contribution in [-0.2, 0) is 11.3 Å². The summed E-state index contributed by atoms with van der Waals surface area (Å²) in [6.45, 7) is 6.52. The van der Waals surface area contributed by atoms with E-state index in [9.17, 15) is 4.79 Å². The highest BCUT2D eigenvalue weighted by Gasteiger charge is 2.30. The Hall–Kier alpha value is -2.61. The van der Waals surface area contributed by atoms with Crippen LogP contribution < -0.4 is 9.64 Å². The van der Waals surface area contributed by atoms with Crippen LogP contribution in [0.2, 0.25) is 0 Å². The minimum Gasteiger partial charge on any atom is -0.495 e. The van der Waals surface area contributed by atoms with Crippen LogP contribution in [0.25, 0.3) is 0 Å². The second-order valence-electron chi connectivity index (χ2n) is 8.09. The number of nitrogens with zero attached hydrogens (tertiary/aromatic N) is 6. The van der Waals surface area contributed by atoms with Crippen molar-refractivity contribution in [1.82, 2.24) is 24.6 Å². The molecule has 30 heavy (non-hydrogen) atoms. The fourth-order valence-corrected chi connectivity index (χ4v) is 4.60. The molecule has 1 atom stereocenters. The number of amides is 1. The van der Waals surface area contributed by atoms with Gasteiger partial charge in [0.1, 0.15) is 18.4 Å². The summed E-state index contributed by atoms with van der Waals surface area (Å²) in [6, 6.07) is 8.71. The van der Waals surface area contributed by atoms with Gasteiger partial charge in [-0.25, -0.2) is 4.98 Å². The molecule has 8 heteroatoms. The van der Waals surface area contributed by atoms with Gasteiger partial charge in [-0.1, -0.05) is 12.1 Å². The first-order valence-electron chi connectivity index (χ1n) is 11.0. The van der Waals surface area contributed by atoms with E-state index in [0.717, 1.165) is 64.4 Å². The summed E-state index contributed by atoms with van der Waals surface area (Å²) < 4.78 is 7.31. The maximum absolute atomic E-state index is 12.7. The summed E-state index contributed by atoms with van der Waals surface area (Å²) in [5.74, 6) is 1.21. The van der Waals surface area contributed by atoms with Gasteiger partial charge in [0, 0.05) is 58.3 Å². The van der Waals surface area contributed by atoms with E-state index >= 15 is 0 Å². The molecule has 2 aromatic rings. The fourth-order valence-electron chi connectivity index (χ4n) is 4.60. The Morgan fingerprint density at radius 3 is 2.77 bits per heavy atom. The minimum atomic E-state index is 0.271. The number of benzene rings is 1. The van der Waals surface area contributed by atoms with Crippen LogP contribution >= 0.6 is 0 Å². The van der Waals surface area contributed by atoms with Gasteiger partial charge in [0.25, 0.3) is 0 Å². The summed E-state index contributed by atoms with van der Waals surface area (Å²) in [6.07, 6.45) is 6.88. The molecule has 2 aliphatic rings. The van der Waals surface area contributed by atoms with Crippen LogP contribution in [0.3, 0.4) is 0 Å². The largest absolute Gasteiger partial charge is 0.495 e. The molecule has 8 nitrogen and oxygen atoms in total. The van der Waals surface area contributed by atoms with Gasteiger partial charge in [0.2, 0.25) is 5.91 Å². The first-order valence-corrected chi connectivity index (χ1v) is 11.0. The molecule has 2 aliphatic heterocycles. The molecule has 1 amide bonds. The Labute approximate surface area is 178 Å². The van der Waals surface area contributed by atoms with E-state index in [2.05, 4.69) is 36.9 Å². The number of ether oxygens (including phenoxy) is 1. The van der Waals surface area contributed by atoms with Crippen molar-refractivity contribution in [3.63, 3.8) is 0 Å². The number of anilines is 1. The van der Waals surface area contributed by atoms with Gasteiger partial charge >= 0.3 is 0 Å². The number of likely N-dealkylation sites (tertiary alicyclic amines) is 1. The van der Waals surface area contributed by atoms with E-state index in [-0.39, 0.29) is 5.91 Å². The number of piperidine rings is 1. The average Bonchev–Trinajstić information content (AvgIpc) is 3.33. The number of piperazine rings is 1. The van der Waals surface area contributed by atoms with Crippen LogP contribution in [0, 0.1) is 0 Å². The quantitative estimate of drug-likeness (QED) is 0.692. The Morgan fingerprint density at radius 2 is 2.00 bits per heavy atom. The Morgan fingerprint density at radius 1 is 1.17 bits per heavy atom. The van der Waals surface area contributed by atoms with Gasteiger partial charge in [0.15, 0.2) is 0 Å². The second-order valence-corrected chi connectivity index (χ2v) is 8.09. The molecule has 0 saturated carbocycles. The Bertz CT molecular complexity index is 804. The van der Waals surface area contributed by atoms with Gasteiger partial charge in [0.05, 0.1) is 12.8 Å². The Balaban J connectivity index is 1.25. The molecule has 0 N–H and O–H groups in total. The average molecular weight is 413 g/mol. The number of para-hydroxylation sites is 2. The second kappa shape index (κ2) is 9.93. The van der Waals surface area contributed by atoms with Crippen molar-refractivity contribution in [2.75, 3.05) is 51.3 Å². The number of methoxy groups -OCH3 is 1. The van der Waals surface area contributed by atoms with Crippen LogP contribution in [-0.4, -0.2) is 82.9 Å². The SMILES string of the molecule is COc1ccccc1N1CCN(C2CCCN(C(=O)CCCn3cncn3)C2)CC1. The number of aryl methyl sites for hydroxylation is 1. The molecule has 162 valence electrons. The van der Waals surface area contributed by atoms with Crippen molar-refractivity contribution in [2.45, 2.75) is 38.3 Å². The number of hydrogen-bond acceptors (Lipinski definition) is 6. The third-order valence-electron chi connectivity index (χ3n) is 6.25. The maximum Gasteiger partial charge on any atom is 0.222 e. The Kier molecular flexibility index (Phi) is 6.84. The van der Waals surface area contributed by atoms with Crippen molar-refractivity contribution in [3.05, 3.63) is 36.9 Å². The van der Waals surface area contributed by atoms with Crippen LogP contribution in [0.15, 0.2) is 36.9 Å². The predicted octanol–water partition coefficient (Wildman–Crippen LogP) is 1.88. The highest BCUT2D eigenvalue weighted by atomic mass is 16.5. The van der Waals surface area contributed by atoms with E-state index in [4.69, 9.17) is 4.74 Å². The van der Waals surface area contributed by atoms with Gasteiger partial charge in [-0.05, 0) is 31.4 Å². The van der Waals surface area contributed by atoms with Crippen molar-refractivity contribution in [2.24, 2.45) is 0 Å². The van der Waals surface area contributed by atoms with Crippen LogP contribution in [0.1, 0.15) is 25.7 Å². The molecular weight excluding hydrogens is 380 g/mol. The third-order valence-corrected chi connectivity index (χ3v) is 6.25. The summed E-state index contributed by atoms with van der Waals surface area (Å²) in [7, 11) is 1.73. The first-order chi connectivity index (χ1) is 14.7. The van der Waals surface area contributed by atoms with Crippen molar-refractivity contribution >= 4 is 11.6 Å². The van der Waals surface area contributed by atoms with E-state index in [0.29, 0.717) is 12.5 Å². The van der Waals surface area contributed by atoms with E-state index in [1.165, 1.54) is 18.4 Å². The van der Waals surface area contributed by atoms with Gasteiger partial charge in [-0.15, -0.1) is 0 Å². The molecule has 0 aliphatic carbocycles. The predicted molar refractivity (Wildman–Crippen MR) is 116 cm³/mol. The zero-order valence-electron chi connectivity index (χ0n) is 17.8. The number of aromatic nitrogens is 3. The van der Waals surface area contributed by atoms with Crippen molar-refractivity contribution in [1.29, 1.82) is 0 Å². The van der Waals surface area contributed by atoms with E-state index in [1.807, 2.05) is 12.1 Å². The lowest BCUT2D eigenvalue weighted by atomic mass is 10.0. The first kappa shape index (κ1) is 20.7. The topological polar surface area (TPSA) is 66.7 Å². The van der Waals surface area contributed by atoms with E-state index < -0.39 is 0 Å². The molecule has 0 spiro atoms. The molecule has 2 fully saturated rings. The maximum atomic E-state index is 12.7. The summed E-state index contributed by atoms with van der Waals surface area (Å²) in [5.41, 5.74) is 1.17. The van der Waals surface area contributed by atoms with Crippen LogP contribution in [0.4, 0.5) is 5.69 Å². The normalized spacial score (nSPS) is 20.4. The monoisotopic (exact) mass is 412 g/mol. The third kappa shape index (κ3) is 4.92. The highest BCUT2D eigenvalue weighted by Crippen LogP contribution is 2.29. The molecule has 0 radical (unpaired) electrons. The number of carbonyl (C=O) groups excluding carboxylic acids is 1. The van der Waals surface area contributed by atoms with Crippen molar-refractivity contribution < 1.29 is 9.53 Å². The lowest BCUT2D eigenvalue weighted by Crippen LogP contribution is -2.55. The van der Waals surface area contributed by atoms with Gasteiger partial charge in [-0.2, -0.15) is 5.10 Å². The molecule has 2 saturated heterocycles. The lowest BCUT2D eigenvalue weighted by Gasteiger charge is -2.44. The smallest absolute Gasteiger partial charge is 0.222 e. The molecule has 1 aromatic carbocycles. The highest BCUT2D eigenvalue weighted by molar-refractivity contribution is 5.76. The molecular formula is C22H32N6O2. The number of carbonyl (C=O) groups is 1. The zero-order valence-corrected chi connectivity index (χ0v) is 17.8. The standard InChI is InChI=1S/C22H32N6O2/c1-30-21-8-3-2-7-20(21)26-14-12-25(13-15-26)19-6-4-10-27(16-19)22(29)9-5-11-28-18-23-17-24-28/h2-3,7-8,17-19H,4-6,9-16H2,1H3. The summed E-state index contributed by atoms with van der Waals surface area (Å²) in [5, 5.41) is 4.10. The van der Waals surface area contributed by atoms with Crippen LogP contribution in [0.5, 0.6) is 5.75 Å². The number of hydrogen-bond donors (Lipinski definition) is 0. The zero-order chi connectivity index (χ0) is 20.8.